The van der Waals surface area contributed by atoms with Gasteiger partial charge < -0.3 is 25.3 Å². The van der Waals surface area contributed by atoms with E-state index >= 15 is 0 Å². The van der Waals surface area contributed by atoms with Gasteiger partial charge in [-0.25, -0.2) is 19.9 Å². The number of anilines is 1. The summed E-state index contributed by atoms with van der Waals surface area (Å²) in [6.45, 7) is 9.81. The van der Waals surface area contributed by atoms with Crippen LogP contribution in [0.15, 0.2) is 30.9 Å². The number of nitrogens with zero attached hydrogens (tertiary/aromatic N) is 6. The lowest BCUT2D eigenvalue weighted by molar-refractivity contribution is -0.191. The molecule has 5 heterocycles. The van der Waals surface area contributed by atoms with Crippen molar-refractivity contribution in [2.75, 3.05) is 19.4 Å². The fourth-order valence-corrected chi connectivity index (χ4v) is 6.59. The summed E-state index contributed by atoms with van der Waals surface area (Å²) in [7, 11) is 1.00. The smallest absolute Gasteiger partial charge is 0.167 e. The zero-order chi connectivity index (χ0) is 28.9. The minimum Gasteiger partial charge on any atom is -0.400 e. The van der Waals surface area contributed by atoms with Gasteiger partial charge in [-0.3, -0.25) is 9.47 Å². The number of aromatic amines is 1. The summed E-state index contributed by atoms with van der Waals surface area (Å²) in [4.78, 5) is 23.8. The molecule has 4 aromatic rings. The number of hydrogen-bond donors (Lipinski definition) is 3. The van der Waals surface area contributed by atoms with Gasteiger partial charge >= 0.3 is 0 Å². The predicted molar refractivity (Wildman–Crippen MR) is 157 cm³/mol. The highest BCUT2D eigenvalue weighted by atomic mass is 16.6. The van der Waals surface area contributed by atoms with Gasteiger partial charge in [-0.1, -0.05) is 26.8 Å². The second-order valence-corrected chi connectivity index (χ2v) is 12.6. The molecule has 4 atom stereocenters. The standard InChI is InChI=1S/C29H38N8O2.CH4O/c1-16-36(13-23-22(38-16)12-25(39-23)37-15-33-26-27(30)31-14-32-28(26)37)19-9-17(10-19)5-8-24-34-20-7-6-18(29(2,3)4)11-21(20)35-24;1-2/h6-7,11,14-17,19,22-23,25H,5,8-10,12-13H2,1-4H3,(H,34,35)(H2,30,31,32);2H,1H3. The first-order valence-electron chi connectivity index (χ1n) is 14.7. The van der Waals surface area contributed by atoms with E-state index in [-0.39, 0.29) is 30.1 Å². The Morgan fingerprint density at radius 3 is 2.66 bits per heavy atom. The Hall–Kier alpha value is -3.12. The van der Waals surface area contributed by atoms with Crippen LogP contribution in [-0.2, 0) is 21.3 Å². The fourth-order valence-electron chi connectivity index (χ4n) is 6.59. The van der Waals surface area contributed by atoms with Gasteiger partial charge in [0.2, 0.25) is 0 Å². The number of nitrogens with one attached hydrogen (secondary N) is 1. The number of aromatic nitrogens is 6. The second kappa shape index (κ2) is 10.9. The van der Waals surface area contributed by atoms with Gasteiger partial charge in [-0.05, 0) is 55.2 Å². The van der Waals surface area contributed by atoms with Crippen LogP contribution in [0.2, 0.25) is 0 Å². The van der Waals surface area contributed by atoms with E-state index in [1.54, 1.807) is 6.33 Å². The molecule has 7 rings (SSSR count). The molecule has 4 unspecified atom stereocenters. The van der Waals surface area contributed by atoms with Crippen LogP contribution < -0.4 is 5.73 Å². The molecule has 3 aromatic heterocycles. The normalized spacial score (nSPS) is 28.3. The molecule has 1 aliphatic carbocycles. The molecule has 1 aromatic carbocycles. The number of nitrogens with two attached hydrogens (primary N) is 1. The van der Waals surface area contributed by atoms with E-state index in [0.29, 0.717) is 23.0 Å². The molecular formula is C30H42N8O3. The number of fused-ring (bicyclic) bond motifs is 3. The second-order valence-electron chi connectivity index (χ2n) is 12.6. The molecular weight excluding hydrogens is 520 g/mol. The number of hydrogen-bond acceptors (Lipinski definition) is 9. The summed E-state index contributed by atoms with van der Waals surface area (Å²) < 4.78 is 14.9. The van der Waals surface area contributed by atoms with Gasteiger partial charge in [0.05, 0.1) is 29.6 Å². The van der Waals surface area contributed by atoms with Crippen LogP contribution in [0, 0.1) is 5.92 Å². The average molecular weight is 563 g/mol. The number of aliphatic hydroxyl groups is 1. The van der Waals surface area contributed by atoms with Crippen molar-refractivity contribution in [1.29, 1.82) is 0 Å². The van der Waals surface area contributed by atoms with Crippen LogP contribution in [0.3, 0.4) is 0 Å². The van der Waals surface area contributed by atoms with Crippen LogP contribution in [0.25, 0.3) is 22.2 Å². The Kier molecular flexibility index (Phi) is 7.48. The van der Waals surface area contributed by atoms with Crippen molar-refractivity contribution in [3.63, 3.8) is 0 Å². The number of H-pyrrole nitrogens is 1. The number of imidazole rings is 2. The van der Waals surface area contributed by atoms with E-state index in [1.165, 1.54) is 24.7 Å². The lowest BCUT2D eigenvalue weighted by Gasteiger charge is -2.49. The average Bonchev–Trinajstić information content (AvgIpc) is 3.64. The Morgan fingerprint density at radius 2 is 1.88 bits per heavy atom. The van der Waals surface area contributed by atoms with E-state index in [9.17, 15) is 0 Å². The summed E-state index contributed by atoms with van der Waals surface area (Å²) >= 11 is 0. The molecule has 41 heavy (non-hydrogen) atoms. The molecule has 4 N–H and O–H groups in total. The van der Waals surface area contributed by atoms with Crippen molar-refractivity contribution in [3.8, 4) is 0 Å². The lowest BCUT2D eigenvalue weighted by Crippen LogP contribution is -2.58. The van der Waals surface area contributed by atoms with Crippen LogP contribution in [0.1, 0.15) is 71.0 Å². The molecule has 11 heteroatoms. The van der Waals surface area contributed by atoms with Gasteiger partial charge in [0, 0.05) is 32.5 Å². The quantitative estimate of drug-likeness (QED) is 0.330. The van der Waals surface area contributed by atoms with E-state index in [2.05, 4.69) is 70.7 Å². The maximum absolute atomic E-state index is 7.00. The zero-order valence-corrected chi connectivity index (χ0v) is 24.6. The Morgan fingerprint density at radius 1 is 1.07 bits per heavy atom. The van der Waals surface area contributed by atoms with Crippen molar-refractivity contribution < 1.29 is 14.6 Å². The summed E-state index contributed by atoms with van der Waals surface area (Å²) in [6, 6.07) is 7.15. The molecule has 2 aliphatic heterocycles. The minimum absolute atomic E-state index is 0.0374. The monoisotopic (exact) mass is 562 g/mol. The summed E-state index contributed by atoms with van der Waals surface area (Å²) in [5.41, 5.74) is 11.0. The fraction of sp³-hybridized carbons (Fsp3) is 0.600. The van der Waals surface area contributed by atoms with Gasteiger partial charge in [-0.15, -0.1) is 0 Å². The highest BCUT2D eigenvalue weighted by Crippen LogP contribution is 2.42. The van der Waals surface area contributed by atoms with Crippen LogP contribution in [0.5, 0.6) is 0 Å². The molecule has 3 fully saturated rings. The molecule has 0 amide bonds. The van der Waals surface area contributed by atoms with E-state index in [1.807, 2.05) is 4.57 Å². The van der Waals surface area contributed by atoms with Crippen molar-refractivity contribution in [3.05, 3.63) is 42.2 Å². The van der Waals surface area contributed by atoms with Crippen LogP contribution >= 0.6 is 0 Å². The van der Waals surface area contributed by atoms with Gasteiger partial charge in [0.1, 0.15) is 30.1 Å². The van der Waals surface area contributed by atoms with Crippen LogP contribution in [0.4, 0.5) is 5.82 Å². The molecule has 1 saturated carbocycles. The zero-order valence-electron chi connectivity index (χ0n) is 24.6. The molecule has 11 nitrogen and oxygen atoms in total. The van der Waals surface area contributed by atoms with E-state index in [0.717, 1.165) is 55.7 Å². The number of ether oxygens (including phenoxy) is 2. The maximum atomic E-state index is 7.00. The largest absolute Gasteiger partial charge is 0.400 e. The van der Waals surface area contributed by atoms with Gasteiger partial charge in [0.25, 0.3) is 0 Å². The maximum Gasteiger partial charge on any atom is 0.167 e. The number of aryl methyl sites for hydroxylation is 1. The van der Waals surface area contributed by atoms with E-state index in [4.69, 9.17) is 25.3 Å². The molecule has 0 spiro atoms. The van der Waals surface area contributed by atoms with Crippen molar-refractivity contribution >= 4 is 28.0 Å². The van der Waals surface area contributed by atoms with Crippen molar-refractivity contribution in [2.24, 2.45) is 5.92 Å². The summed E-state index contributed by atoms with van der Waals surface area (Å²) in [5.74, 6) is 2.21. The Bertz CT molecular complexity index is 1500. The first-order valence-corrected chi connectivity index (χ1v) is 14.7. The third kappa shape index (κ3) is 5.31. The Balaban J connectivity index is 0.00000148. The molecule has 3 aliphatic rings. The lowest BCUT2D eigenvalue weighted by atomic mass is 9.76. The first-order chi connectivity index (χ1) is 19.7. The summed E-state index contributed by atoms with van der Waals surface area (Å²) in [6.07, 6.45) is 8.59. The van der Waals surface area contributed by atoms with Gasteiger partial charge in [-0.2, -0.15) is 0 Å². The number of rotatable bonds is 5. The SMILES string of the molecule is CC1OC2CC(n3cnc4c(N)ncnc43)OC2CN1C1CC(CCc2nc3ccc(C(C)(C)C)cc3[nH]2)C1.CO. The highest BCUT2D eigenvalue weighted by Gasteiger charge is 2.47. The topological polar surface area (TPSA) is 140 Å². The molecule has 0 radical (unpaired) electrons. The third-order valence-electron chi connectivity index (χ3n) is 8.97. The molecule has 220 valence electrons. The van der Waals surface area contributed by atoms with Crippen LogP contribution in [-0.4, -0.2) is 77.6 Å². The first kappa shape index (κ1) is 28.0. The van der Waals surface area contributed by atoms with E-state index < -0.39 is 0 Å². The predicted octanol–water partition coefficient (Wildman–Crippen LogP) is 3.94. The third-order valence-corrected chi connectivity index (χ3v) is 8.97. The summed E-state index contributed by atoms with van der Waals surface area (Å²) in [5, 5.41) is 7.00. The minimum atomic E-state index is -0.163. The Labute approximate surface area is 240 Å². The number of benzene rings is 1. The number of nitrogen functional groups attached to an aromatic ring is 1. The van der Waals surface area contributed by atoms with Crippen molar-refractivity contribution in [1.82, 2.24) is 34.4 Å². The van der Waals surface area contributed by atoms with Crippen molar-refractivity contribution in [2.45, 2.75) is 95.9 Å². The van der Waals surface area contributed by atoms with Gasteiger partial charge in [0.15, 0.2) is 11.5 Å². The molecule has 0 bridgehead atoms. The molecule has 2 saturated heterocycles. The highest BCUT2D eigenvalue weighted by molar-refractivity contribution is 5.81. The number of aliphatic hydroxyl groups excluding tert-OH is 1.